The Bertz CT molecular complexity index is 612. The van der Waals surface area contributed by atoms with Crippen LogP contribution in [0, 0.1) is 5.92 Å². The lowest BCUT2D eigenvalue weighted by molar-refractivity contribution is -0.122. The van der Waals surface area contributed by atoms with Gasteiger partial charge in [-0.2, -0.15) is 0 Å². The monoisotopic (exact) mass is 356 g/mol. The third-order valence-corrected chi connectivity index (χ3v) is 4.60. The summed E-state index contributed by atoms with van der Waals surface area (Å²) < 4.78 is 28.3. The van der Waals surface area contributed by atoms with E-state index in [1.165, 1.54) is 12.1 Å². The van der Waals surface area contributed by atoms with Crippen molar-refractivity contribution in [2.24, 2.45) is 11.7 Å². The summed E-state index contributed by atoms with van der Waals surface area (Å²) in [6.07, 6.45) is 2.98. The lowest BCUT2D eigenvalue weighted by Crippen LogP contribution is -2.41. The molecular weight excluding hydrogens is 328 g/mol. The van der Waals surface area contributed by atoms with Crippen molar-refractivity contribution in [3.63, 3.8) is 0 Å². The number of ether oxygens (including phenoxy) is 1. The van der Waals surface area contributed by atoms with E-state index in [1.54, 1.807) is 12.1 Å². The molecule has 0 aliphatic carbocycles. The van der Waals surface area contributed by atoms with Gasteiger partial charge in [0, 0.05) is 25.3 Å². The van der Waals surface area contributed by atoms with Crippen molar-refractivity contribution in [2.75, 3.05) is 19.4 Å². The first kappa shape index (κ1) is 20.4. The molecule has 3 N–H and O–H groups in total. The van der Waals surface area contributed by atoms with E-state index in [2.05, 4.69) is 19.2 Å². The molecule has 0 radical (unpaired) electrons. The Morgan fingerprint density at radius 1 is 1.25 bits per heavy atom. The fourth-order valence-corrected chi connectivity index (χ4v) is 2.92. The summed E-state index contributed by atoms with van der Waals surface area (Å²) in [5, 5.41) is 2.93. The number of rotatable bonds is 10. The largest absolute Gasteiger partial charge is 0.494 e. The molecule has 1 atom stereocenters. The first-order valence-electron chi connectivity index (χ1n) is 8.14. The molecule has 136 valence electrons. The van der Waals surface area contributed by atoms with Gasteiger partial charge in [0.15, 0.2) is 9.84 Å². The van der Waals surface area contributed by atoms with E-state index in [0.717, 1.165) is 12.7 Å². The van der Waals surface area contributed by atoms with Crippen LogP contribution in [0.15, 0.2) is 29.2 Å². The van der Waals surface area contributed by atoms with Crippen LogP contribution >= 0.6 is 0 Å². The van der Waals surface area contributed by atoms with E-state index >= 15 is 0 Å². The van der Waals surface area contributed by atoms with E-state index in [4.69, 9.17) is 10.5 Å². The Morgan fingerprint density at radius 2 is 1.88 bits per heavy atom. The van der Waals surface area contributed by atoms with Crippen LogP contribution in [0.1, 0.15) is 33.1 Å². The van der Waals surface area contributed by atoms with Gasteiger partial charge in [-0.05, 0) is 43.0 Å². The summed E-state index contributed by atoms with van der Waals surface area (Å²) >= 11 is 0. The van der Waals surface area contributed by atoms with E-state index < -0.39 is 9.84 Å². The number of carbonyl (C=O) groups excluding carboxylic acids is 1. The maximum absolute atomic E-state index is 11.9. The molecule has 0 aliphatic rings. The average Bonchev–Trinajstić information content (AvgIpc) is 2.50. The van der Waals surface area contributed by atoms with Crippen LogP contribution < -0.4 is 15.8 Å². The molecule has 0 spiro atoms. The van der Waals surface area contributed by atoms with E-state index in [0.29, 0.717) is 37.7 Å². The normalized spacial score (nSPS) is 12.9. The number of amides is 1. The second kappa shape index (κ2) is 9.64. The number of benzene rings is 1. The summed E-state index contributed by atoms with van der Waals surface area (Å²) in [6.45, 7) is 5.02. The molecule has 7 heteroatoms. The molecule has 0 aliphatic heterocycles. The molecule has 1 aromatic rings. The highest BCUT2D eigenvalue weighted by Gasteiger charge is 2.12. The second-order valence-corrected chi connectivity index (χ2v) is 8.34. The molecular formula is C17H28N2O4S. The number of hydrogen-bond donors (Lipinski definition) is 2. The van der Waals surface area contributed by atoms with Crippen LogP contribution in [0.3, 0.4) is 0 Å². The predicted octanol–water partition coefficient (Wildman–Crippen LogP) is 1.74. The highest BCUT2D eigenvalue weighted by Crippen LogP contribution is 2.16. The lowest BCUT2D eigenvalue weighted by atomic mass is 10.0. The Balaban J connectivity index is 2.31. The van der Waals surface area contributed by atoms with Crippen LogP contribution in [0.2, 0.25) is 0 Å². The van der Waals surface area contributed by atoms with Crippen LogP contribution in [0.4, 0.5) is 0 Å². The molecule has 1 aromatic carbocycles. The molecule has 0 saturated carbocycles. The summed E-state index contributed by atoms with van der Waals surface area (Å²) in [7, 11) is -3.20. The molecule has 0 aromatic heterocycles. The Kier molecular flexibility index (Phi) is 8.21. The summed E-state index contributed by atoms with van der Waals surface area (Å²) in [5.74, 6) is 1.04. The Hall–Kier alpha value is -1.60. The minimum atomic E-state index is -3.20. The standard InChI is InChI=1S/C17H28N2O4S/c1-13(2)11-14(12-18)19-17(20)5-4-10-23-15-6-8-16(9-7-15)24(3,21)22/h6-9,13-14H,4-5,10-12,18H2,1-3H3,(H,19,20). The fourth-order valence-electron chi connectivity index (χ4n) is 2.29. The minimum Gasteiger partial charge on any atom is -0.494 e. The molecule has 0 heterocycles. The summed E-state index contributed by atoms with van der Waals surface area (Å²) in [4.78, 5) is 12.1. The quantitative estimate of drug-likeness (QED) is 0.622. The number of sulfone groups is 1. The van der Waals surface area contributed by atoms with Crippen LogP contribution in [-0.2, 0) is 14.6 Å². The van der Waals surface area contributed by atoms with Crippen LogP contribution in [0.25, 0.3) is 0 Å². The van der Waals surface area contributed by atoms with Gasteiger partial charge in [-0.1, -0.05) is 13.8 Å². The van der Waals surface area contributed by atoms with Gasteiger partial charge in [0.25, 0.3) is 0 Å². The highest BCUT2D eigenvalue weighted by atomic mass is 32.2. The van der Waals surface area contributed by atoms with Gasteiger partial charge in [0.1, 0.15) is 5.75 Å². The maximum Gasteiger partial charge on any atom is 0.220 e. The van der Waals surface area contributed by atoms with Crippen molar-refractivity contribution in [3.05, 3.63) is 24.3 Å². The topological polar surface area (TPSA) is 98.5 Å². The number of hydrogen-bond acceptors (Lipinski definition) is 5. The number of nitrogens with one attached hydrogen (secondary N) is 1. The summed E-state index contributed by atoms with van der Waals surface area (Å²) in [6, 6.07) is 6.26. The smallest absolute Gasteiger partial charge is 0.220 e. The SMILES string of the molecule is CC(C)CC(CN)NC(=O)CCCOc1ccc(S(C)(=O)=O)cc1. The van der Waals surface area contributed by atoms with Crippen LogP contribution in [0.5, 0.6) is 5.75 Å². The summed E-state index contributed by atoms with van der Waals surface area (Å²) in [5.41, 5.74) is 5.66. The zero-order valence-corrected chi connectivity index (χ0v) is 15.4. The molecule has 6 nitrogen and oxygen atoms in total. The van der Waals surface area contributed by atoms with E-state index in [-0.39, 0.29) is 16.8 Å². The van der Waals surface area contributed by atoms with Gasteiger partial charge < -0.3 is 15.8 Å². The molecule has 0 bridgehead atoms. The van der Waals surface area contributed by atoms with Gasteiger partial charge in [-0.3, -0.25) is 4.79 Å². The predicted molar refractivity (Wildman–Crippen MR) is 94.7 cm³/mol. The third kappa shape index (κ3) is 7.79. The maximum atomic E-state index is 11.9. The van der Waals surface area contributed by atoms with Crippen molar-refractivity contribution >= 4 is 15.7 Å². The lowest BCUT2D eigenvalue weighted by Gasteiger charge is -2.18. The first-order valence-corrected chi connectivity index (χ1v) is 10.0. The van der Waals surface area contributed by atoms with Crippen LogP contribution in [-0.4, -0.2) is 39.8 Å². The fraction of sp³-hybridized carbons (Fsp3) is 0.588. The van der Waals surface area contributed by atoms with E-state index in [1.807, 2.05) is 0 Å². The highest BCUT2D eigenvalue weighted by molar-refractivity contribution is 7.90. The third-order valence-electron chi connectivity index (χ3n) is 3.47. The van der Waals surface area contributed by atoms with Gasteiger partial charge >= 0.3 is 0 Å². The van der Waals surface area contributed by atoms with Crippen molar-refractivity contribution in [1.29, 1.82) is 0 Å². The molecule has 1 unspecified atom stereocenters. The number of carbonyl (C=O) groups is 1. The number of nitrogens with two attached hydrogens (primary N) is 1. The van der Waals surface area contributed by atoms with Crippen molar-refractivity contribution in [2.45, 2.75) is 44.0 Å². The Labute approximate surface area is 144 Å². The first-order chi connectivity index (χ1) is 11.2. The molecule has 0 fully saturated rings. The van der Waals surface area contributed by atoms with Crippen molar-refractivity contribution in [1.82, 2.24) is 5.32 Å². The van der Waals surface area contributed by atoms with Crippen molar-refractivity contribution in [3.8, 4) is 5.75 Å². The molecule has 0 saturated heterocycles. The van der Waals surface area contributed by atoms with Gasteiger partial charge in [0.2, 0.25) is 5.91 Å². The second-order valence-electron chi connectivity index (χ2n) is 6.33. The molecule has 1 amide bonds. The van der Waals surface area contributed by atoms with Crippen molar-refractivity contribution < 1.29 is 17.9 Å². The minimum absolute atomic E-state index is 0.0157. The van der Waals surface area contributed by atoms with Gasteiger partial charge in [-0.15, -0.1) is 0 Å². The Morgan fingerprint density at radius 3 is 2.38 bits per heavy atom. The molecule has 1 rings (SSSR count). The average molecular weight is 356 g/mol. The van der Waals surface area contributed by atoms with Gasteiger partial charge in [0.05, 0.1) is 11.5 Å². The molecule has 24 heavy (non-hydrogen) atoms. The zero-order valence-electron chi connectivity index (χ0n) is 14.6. The van der Waals surface area contributed by atoms with E-state index in [9.17, 15) is 13.2 Å². The zero-order chi connectivity index (χ0) is 18.2. The van der Waals surface area contributed by atoms with Gasteiger partial charge in [-0.25, -0.2) is 8.42 Å².